The first kappa shape index (κ1) is 10.1. The molecule has 0 fully saturated rings. The molecule has 2 rings (SSSR count). The van der Waals surface area contributed by atoms with E-state index in [-0.39, 0.29) is 6.61 Å². The van der Waals surface area contributed by atoms with Crippen molar-refractivity contribution >= 4 is 29.0 Å². The monoisotopic (exact) mass is 223 g/mol. The number of ether oxygens (including phenoxy) is 1. The van der Waals surface area contributed by atoms with Crippen LogP contribution < -0.4 is 0 Å². The molecule has 3 nitrogen and oxygen atoms in total. The average Bonchev–Trinajstić information content (AvgIpc) is 2.60. The number of halogens is 1. The normalized spacial score (nSPS) is 10.5. The Bertz CT molecular complexity index is 476. The second-order valence-corrected chi connectivity index (χ2v) is 3.51. The highest BCUT2D eigenvalue weighted by Gasteiger charge is 2.04. The standard InChI is InChI=1S/C11H8ClO3/c12-9-2-1-8-5-10(3-4-14-7-13)15-11(8)6-9/h1-2,5-6H,3-4H2. The zero-order chi connectivity index (χ0) is 10.7. The van der Waals surface area contributed by atoms with Gasteiger partial charge in [0.15, 0.2) is 0 Å². The van der Waals surface area contributed by atoms with Crippen LogP contribution in [-0.4, -0.2) is 13.1 Å². The zero-order valence-corrected chi connectivity index (χ0v) is 8.58. The Kier molecular flexibility index (Phi) is 2.92. The smallest absolute Gasteiger partial charge is 0.417 e. The second-order valence-electron chi connectivity index (χ2n) is 3.08. The highest BCUT2D eigenvalue weighted by molar-refractivity contribution is 6.31. The molecular weight excluding hydrogens is 216 g/mol. The van der Waals surface area contributed by atoms with Crippen LogP contribution in [-0.2, 0) is 16.0 Å². The molecular formula is C11H8ClO3. The van der Waals surface area contributed by atoms with E-state index >= 15 is 0 Å². The Balaban J connectivity index is 2.19. The summed E-state index contributed by atoms with van der Waals surface area (Å²) in [7, 11) is 0. The molecule has 0 aliphatic rings. The minimum absolute atomic E-state index is 0.275. The predicted octanol–water partition coefficient (Wildman–Crippen LogP) is 2.71. The summed E-state index contributed by atoms with van der Waals surface area (Å²) in [5.74, 6) is 0.766. The van der Waals surface area contributed by atoms with Gasteiger partial charge in [0.2, 0.25) is 0 Å². The quantitative estimate of drug-likeness (QED) is 0.749. The molecule has 1 heterocycles. The van der Waals surface area contributed by atoms with E-state index < -0.39 is 0 Å². The van der Waals surface area contributed by atoms with E-state index in [9.17, 15) is 4.79 Å². The van der Waals surface area contributed by atoms with Crippen LogP contribution in [0.15, 0.2) is 28.7 Å². The van der Waals surface area contributed by atoms with Gasteiger partial charge in [-0.15, -0.1) is 0 Å². The van der Waals surface area contributed by atoms with Crippen molar-refractivity contribution in [2.24, 2.45) is 0 Å². The van der Waals surface area contributed by atoms with Crippen molar-refractivity contribution in [3.63, 3.8) is 0 Å². The van der Waals surface area contributed by atoms with Gasteiger partial charge in [0.05, 0.1) is 6.61 Å². The van der Waals surface area contributed by atoms with Gasteiger partial charge in [-0.2, -0.15) is 0 Å². The molecule has 2 aromatic rings. The highest BCUT2D eigenvalue weighted by Crippen LogP contribution is 2.23. The Morgan fingerprint density at radius 3 is 3.07 bits per heavy atom. The molecule has 1 radical (unpaired) electrons. The lowest BCUT2D eigenvalue weighted by atomic mass is 10.2. The molecule has 0 saturated carbocycles. The third kappa shape index (κ3) is 2.30. The minimum atomic E-state index is 0.275. The number of furan rings is 1. The third-order valence-corrected chi connectivity index (χ3v) is 2.28. The molecule has 1 aromatic carbocycles. The van der Waals surface area contributed by atoms with Crippen LogP contribution in [0.3, 0.4) is 0 Å². The van der Waals surface area contributed by atoms with Crippen LogP contribution in [0.25, 0.3) is 11.0 Å². The van der Waals surface area contributed by atoms with Crippen molar-refractivity contribution in [3.05, 3.63) is 35.0 Å². The van der Waals surface area contributed by atoms with Gasteiger partial charge in [-0.1, -0.05) is 11.6 Å². The summed E-state index contributed by atoms with van der Waals surface area (Å²) in [5.41, 5.74) is 0.743. The maximum atomic E-state index is 9.82. The van der Waals surface area contributed by atoms with E-state index in [1.807, 2.05) is 12.1 Å². The van der Waals surface area contributed by atoms with E-state index in [0.717, 1.165) is 16.7 Å². The van der Waals surface area contributed by atoms with Crippen molar-refractivity contribution in [3.8, 4) is 0 Å². The van der Waals surface area contributed by atoms with Crippen molar-refractivity contribution in [2.75, 3.05) is 6.61 Å². The fourth-order valence-electron chi connectivity index (χ4n) is 1.38. The van der Waals surface area contributed by atoms with E-state index in [4.69, 9.17) is 16.0 Å². The summed E-state index contributed by atoms with van der Waals surface area (Å²) in [4.78, 5) is 9.82. The summed E-state index contributed by atoms with van der Waals surface area (Å²) < 4.78 is 9.97. The van der Waals surface area contributed by atoms with E-state index in [0.29, 0.717) is 11.4 Å². The van der Waals surface area contributed by atoms with Gasteiger partial charge in [0, 0.05) is 16.8 Å². The lowest BCUT2D eigenvalue weighted by Gasteiger charge is -1.92. The number of hydrogen-bond donors (Lipinski definition) is 0. The maximum absolute atomic E-state index is 9.82. The number of rotatable bonds is 4. The van der Waals surface area contributed by atoms with Gasteiger partial charge >= 0.3 is 6.47 Å². The molecule has 0 bridgehead atoms. The van der Waals surface area contributed by atoms with Crippen LogP contribution >= 0.6 is 11.6 Å². The first-order valence-corrected chi connectivity index (χ1v) is 4.84. The van der Waals surface area contributed by atoms with E-state index in [2.05, 4.69) is 4.74 Å². The fraction of sp³-hybridized carbons (Fsp3) is 0.182. The molecule has 0 spiro atoms. The molecule has 0 amide bonds. The summed E-state index contributed by atoms with van der Waals surface area (Å²) in [5, 5.41) is 1.63. The lowest BCUT2D eigenvalue weighted by molar-refractivity contribution is 0.274. The van der Waals surface area contributed by atoms with Gasteiger partial charge in [0.25, 0.3) is 0 Å². The van der Waals surface area contributed by atoms with Crippen molar-refractivity contribution in [2.45, 2.75) is 6.42 Å². The topological polar surface area (TPSA) is 39.4 Å². The molecule has 0 unspecified atom stereocenters. The Hall–Kier alpha value is -1.48. The zero-order valence-electron chi connectivity index (χ0n) is 7.83. The number of fused-ring (bicyclic) bond motifs is 1. The first-order valence-electron chi connectivity index (χ1n) is 4.46. The van der Waals surface area contributed by atoms with Crippen LogP contribution in [0.5, 0.6) is 0 Å². The number of benzene rings is 1. The van der Waals surface area contributed by atoms with Crippen molar-refractivity contribution in [1.29, 1.82) is 0 Å². The van der Waals surface area contributed by atoms with Gasteiger partial charge < -0.3 is 9.15 Å². The number of hydrogen-bond acceptors (Lipinski definition) is 3. The molecule has 0 saturated heterocycles. The Labute approximate surface area is 91.6 Å². The summed E-state index contributed by atoms with van der Waals surface area (Å²) in [6.45, 7) is 1.64. The molecule has 4 heteroatoms. The van der Waals surface area contributed by atoms with E-state index in [1.54, 1.807) is 12.1 Å². The Morgan fingerprint density at radius 1 is 1.40 bits per heavy atom. The number of carbonyl (C=O) groups excluding carboxylic acids is 1. The Morgan fingerprint density at radius 2 is 2.27 bits per heavy atom. The van der Waals surface area contributed by atoms with Crippen LogP contribution in [0.1, 0.15) is 5.76 Å². The second kappa shape index (κ2) is 4.36. The van der Waals surface area contributed by atoms with E-state index in [1.165, 1.54) is 6.47 Å². The summed E-state index contributed by atoms with van der Waals surface area (Å²) in [6.07, 6.45) is 0.543. The molecule has 0 aliphatic carbocycles. The fourth-order valence-corrected chi connectivity index (χ4v) is 1.54. The first-order chi connectivity index (χ1) is 7.29. The van der Waals surface area contributed by atoms with Gasteiger partial charge in [-0.25, -0.2) is 4.79 Å². The molecule has 0 atom stereocenters. The molecule has 0 N–H and O–H groups in total. The van der Waals surface area contributed by atoms with Crippen LogP contribution in [0.2, 0.25) is 5.02 Å². The highest BCUT2D eigenvalue weighted by atomic mass is 35.5. The maximum Gasteiger partial charge on any atom is 0.417 e. The van der Waals surface area contributed by atoms with Crippen LogP contribution in [0, 0.1) is 0 Å². The van der Waals surface area contributed by atoms with Crippen LogP contribution in [0.4, 0.5) is 0 Å². The van der Waals surface area contributed by atoms with Crippen molar-refractivity contribution in [1.82, 2.24) is 0 Å². The molecule has 77 valence electrons. The third-order valence-electron chi connectivity index (χ3n) is 2.04. The van der Waals surface area contributed by atoms with Gasteiger partial charge in [-0.05, 0) is 24.3 Å². The summed E-state index contributed by atoms with van der Waals surface area (Å²) in [6, 6.07) is 7.35. The minimum Gasteiger partial charge on any atom is -0.461 e. The summed E-state index contributed by atoms with van der Waals surface area (Å²) >= 11 is 5.82. The SMILES string of the molecule is O=[C]OCCc1cc2ccc(Cl)cc2o1. The molecule has 0 aliphatic heterocycles. The molecule has 15 heavy (non-hydrogen) atoms. The lowest BCUT2D eigenvalue weighted by Crippen LogP contribution is -1.94. The molecule has 1 aromatic heterocycles. The average molecular weight is 224 g/mol. The van der Waals surface area contributed by atoms with Crippen molar-refractivity contribution < 1.29 is 13.9 Å². The van der Waals surface area contributed by atoms with Gasteiger partial charge in [0.1, 0.15) is 11.3 Å². The largest absolute Gasteiger partial charge is 0.461 e. The van der Waals surface area contributed by atoms with Gasteiger partial charge in [-0.3, -0.25) is 0 Å². The predicted molar refractivity (Wildman–Crippen MR) is 56.6 cm³/mol.